The molecular weight excluding hydrogens is 297 g/mol. The summed E-state index contributed by atoms with van der Waals surface area (Å²) in [5.41, 5.74) is 1.55. The van der Waals surface area contributed by atoms with Crippen molar-refractivity contribution in [1.29, 1.82) is 0 Å². The molecular formula is C14H9ClFN3S. The molecule has 1 atom stereocenters. The summed E-state index contributed by atoms with van der Waals surface area (Å²) < 4.78 is 12.8. The number of halogens is 2. The predicted octanol–water partition coefficient (Wildman–Crippen LogP) is 4.07. The Morgan fingerprint density at radius 2 is 1.85 bits per heavy atom. The minimum atomic E-state index is -0.377. The van der Waals surface area contributed by atoms with Crippen LogP contribution in [-0.2, 0) is 0 Å². The van der Waals surface area contributed by atoms with Crippen molar-refractivity contribution in [2.75, 3.05) is 0 Å². The second kappa shape index (κ2) is 5.64. The van der Waals surface area contributed by atoms with Gasteiger partial charge < -0.3 is 0 Å². The maximum absolute atomic E-state index is 12.8. The molecule has 3 aromatic rings. The van der Waals surface area contributed by atoms with Crippen molar-refractivity contribution in [3.8, 4) is 10.7 Å². The molecule has 0 N–H and O–H groups in total. The van der Waals surface area contributed by atoms with Gasteiger partial charge in [0.1, 0.15) is 21.9 Å². The highest BCUT2D eigenvalue weighted by Crippen LogP contribution is 2.33. The SMILES string of the molecule is Fc1ccc(-c2nnc(C(Cl)c3ccccc3)s2)nc1. The second-order valence-electron chi connectivity index (χ2n) is 4.08. The lowest BCUT2D eigenvalue weighted by Crippen LogP contribution is -1.91. The van der Waals surface area contributed by atoms with Gasteiger partial charge in [-0.05, 0) is 17.7 Å². The lowest BCUT2D eigenvalue weighted by Gasteiger charge is -2.04. The van der Waals surface area contributed by atoms with Crippen LogP contribution in [0.15, 0.2) is 48.7 Å². The van der Waals surface area contributed by atoms with Gasteiger partial charge in [0, 0.05) is 0 Å². The molecule has 0 aliphatic heterocycles. The molecule has 0 saturated heterocycles. The van der Waals surface area contributed by atoms with E-state index < -0.39 is 0 Å². The topological polar surface area (TPSA) is 38.7 Å². The molecule has 0 fully saturated rings. The Balaban J connectivity index is 1.89. The normalized spacial score (nSPS) is 12.3. The van der Waals surface area contributed by atoms with Crippen LogP contribution in [0.5, 0.6) is 0 Å². The zero-order chi connectivity index (χ0) is 13.9. The van der Waals surface area contributed by atoms with Crippen LogP contribution in [0.3, 0.4) is 0 Å². The summed E-state index contributed by atoms with van der Waals surface area (Å²) in [5, 5.41) is 9.13. The van der Waals surface area contributed by atoms with E-state index in [4.69, 9.17) is 11.6 Å². The van der Waals surface area contributed by atoms with Crippen LogP contribution in [0.4, 0.5) is 4.39 Å². The van der Waals surface area contributed by atoms with Crippen LogP contribution in [0.2, 0.25) is 0 Å². The molecule has 2 aromatic heterocycles. The highest BCUT2D eigenvalue weighted by atomic mass is 35.5. The summed E-state index contributed by atoms with van der Waals surface area (Å²) in [5.74, 6) is -0.377. The van der Waals surface area contributed by atoms with Gasteiger partial charge in [-0.15, -0.1) is 21.8 Å². The average Bonchev–Trinajstić information content (AvgIpc) is 2.98. The third-order valence-corrected chi connectivity index (χ3v) is 4.29. The van der Waals surface area contributed by atoms with Crippen molar-refractivity contribution in [1.82, 2.24) is 15.2 Å². The Morgan fingerprint density at radius 1 is 1.05 bits per heavy atom. The largest absolute Gasteiger partial charge is 0.251 e. The molecule has 0 spiro atoms. The first kappa shape index (κ1) is 13.1. The molecule has 3 rings (SSSR count). The standard InChI is InChI=1S/C14H9ClFN3S/c15-12(9-4-2-1-3-5-9)14-19-18-13(20-14)11-7-6-10(16)8-17-11/h1-8,12H. The lowest BCUT2D eigenvalue weighted by molar-refractivity contribution is 0.622. The summed E-state index contributed by atoms with van der Waals surface area (Å²) in [4.78, 5) is 3.98. The van der Waals surface area contributed by atoms with Crippen LogP contribution < -0.4 is 0 Å². The van der Waals surface area contributed by atoms with E-state index in [0.717, 1.165) is 11.8 Å². The molecule has 0 saturated carbocycles. The van der Waals surface area contributed by atoms with Crippen molar-refractivity contribution in [3.05, 3.63) is 65.0 Å². The molecule has 0 radical (unpaired) electrons. The van der Waals surface area contributed by atoms with Gasteiger partial charge in [0.25, 0.3) is 0 Å². The monoisotopic (exact) mass is 305 g/mol. The Kier molecular flexibility index (Phi) is 3.71. The molecule has 0 bridgehead atoms. The highest BCUT2D eigenvalue weighted by Gasteiger charge is 2.17. The van der Waals surface area contributed by atoms with E-state index in [1.54, 1.807) is 6.07 Å². The van der Waals surface area contributed by atoms with Crippen molar-refractivity contribution >= 4 is 22.9 Å². The lowest BCUT2D eigenvalue weighted by atomic mass is 10.1. The van der Waals surface area contributed by atoms with E-state index in [0.29, 0.717) is 15.7 Å². The van der Waals surface area contributed by atoms with Gasteiger partial charge in [0.15, 0.2) is 5.01 Å². The average molecular weight is 306 g/mol. The smallest absolute Gasteiger partial charge is 0.166 e. The van der Waals surface area contributed by atoms with Crippen molar-refractivity contribution in [3.63, 3.8) is 0 Å². The fourth-order valence-corrected chi connectivity index (χ4v) is 2.86. The van der Waals surface area contributed by atoms with Gasteiger partial charge in [-0.25, -0.2) is 4.39 Å². The van der Waals surface area contributed by atoms with E-state index in [-0.39, 0.29) is 11.2 Å². The quantitative estimate of drug-likeness (QED) is 0.685. The van der Waals surface area contributed by atoms with Crippen molar-refractivity contribution in [2.45, 2.75) is 5.38 Å². The Labute approximate surface area is 124 Å². The molecule has 1 unspecified atom stereocenters. The van der Waals surface area contributed by atoms with E-state index in [2.05, 4.69) is 15.2 Å². The van der Waals surface area contributed by atoms with Crippen LogP contribution in [0.25, 0.3) is 10.7 Å². The Morgan fingerprint density at radius 3 is 2.55 bits per heavy atom. The summed E-state index contributed by atoms with van der Waals surface area (Å²) in [7, 11) is 0. The highest BCUT2D eigenvalue weighted by molar-refractivity contribution is 7.15. The molecule has 6 heteroatoms. The number of aromatic nitrogens is 3. The van der Waals surface area contributed by atoms with Gasteiger partial charge in [-0.3, -0.25) is 4.98 Å². The summed E-state index contributed by atoms with van der Waals surface area (Å²) in [6.45, 7) is 0. The number of nitrogens with zero attached hydrogens (tertiary/aromatic N) is 3. The Hall–Kier alpha value is -1.85. The number of benzene rings is 1. The van der Waals surface area contributed by atoms with Gasteiger partial charge >= 0.3 is 0 Å². The van der Waals surface area contributed by atoms with Gasteiger partial charge in [0.05, 0.1) is 6.20 Å². The molecule has 1 aromatic carbocycles. The molecule has 0 aliphatic rings. The van der Waals surface area contributed by atoms with E-state index >= 15 is 0 Å². The summed E-state index contributed by atoms with van der Waals surface area (Å²) in [6.07, 6.45) is 1.16. The zero-order valence-corrected chi connectivity index (χ0v) is 11.8. The minimum Gasteiger partial charge on any atom is -0.251 e. The summed E-state index contributed by atoms with van der Waals surface area (Å²) in [6, 6.07) is 12.6. The molecule has 0 aliphatic carbocycles. The van der Waals surface area contributed by atoms with Gasteiger partial charge in [-0.1, -0.05) is 41.7 Å². The van der Waals surface area contributed by atoms with E-state index in [1.807, 2.05) is 30.3 Å². The number of hydrogen-bond donors (Lipinski definition) is 0. The van der Waals surface area contributed by atoms with Gasteiger partial charge in [-0.2, -0.15) is 0 Å². The maximum Gasteiger partial charge on any atom is 0.166 e. The van der Waals surface area contributed by atoms with Crippen LogP contribution >= 0.6 is 22.9 Å². The Bertz CT molecular complexity index is 700. The first-order valence-electron chi connectivity index (χ1n) is 5.88. The minimum absolute atomic E-state index is 0.345. The first-order chi connectivity index (χ1) is 9.74. The maximum atomic E-state index is 12.8. The third-order valence-electron chi connectivity index (χ3n) is 2.70. The molecule has 100 valence electrons. The van der Waals surface area contributed by atoms with Crippen LogP contribution in [0.1, 0.15) is 15.9 Å². The molecule has 3 nitrogen and oxygen atoms in total. The molecule has 2 heterocycles. The number of alkyl halides is 1. The van der Waals surface area contributed by atoms with E-state index in [1.165, 1.54) is 17.4 Å². The molecule has 0 amide bonds. The van der Waals surface area contributed by atoms with E-state index in [9.17, 15) is 4.39 Å². The van der Waals surface area contributed by atoms with Crippen LogP contribution in [-0.4, -0.2) is 15.2 Å². The van der Waals surface area contributed by atoms with Crippen LogP contribution in [0, 0.1) is 5.82 Å². The van der Waals surface area contributed by atoms with Crippen molar-refractivity contribution in [2.24, 2.45) is 0 Å². The second-order valence-corrected chi connectivity index (χ2v) is 5.53. The third kappa shape index (κ3) is 2.69. The predicted molar refractivity (Wildman–Crippen MR) is 77.2 cm³/mol. The van der Waals surface area contributed by atoms with Gasteiger partial charge in [0.2, 0.25) is 0 Å². The number of hydrogen-bond acceptors (Lipinski definition) is 4. The first-order valence-corrected chi connectivity index (χ1v) is 7.13. The van der Waals surface area contributed by atoms with Crippen molar-refractivity contribution < 1.29 is 4.39 Å². The number of pyridine rings is 1. The fourth-order valence-electron chi connectivity index (χ4n) is 1.71. The fraction of sp³-hybridized carbons (Fsp3) is 0.0714. The summed E-state index contributed by atoms with van der Waals surface area (Å²) >= 11 is 7.74. The molecule has 20 heavy (non-hydrogen) atoms. The zero-order valence-electron chi connectivity index (χ0n) is 10.2. The number of rotatable bonds is 3.